The highest BCUT2D eigenvalue weighted by atomic mass is 33.1. The number of carboxylic acids is 1. The zero-order valence-corrected chi connectivity index (χ0v) is 14.9. The van der Waals surface area contributed by atoms with Crippen molar-refractivity contribution in [1.82, 2.24) is 0 Å². The van der Waals surface area contributed by atoms with Gasteiger partial charge in [-0.1, -0.05) is 82.3 Å². The highest BCUT2D eigenvalue weighted by Gasteiger charge is 2.15. The molecule has 116 valence electrons. The van der Waals surface area contributed by atoms with Gasteiger partial charge in [-0.15, -0.1) is 0 Å². The largest absolute Gasteiger partial charge is 0.480 e. The molecule has 0 saturated carbocycles. The zero-order valence-electron chi connectivity index (χ0n) is 12.4. The molecule has 0 spiro atoms. The van der Waals surface area contributed by atoms with Crippen LogP contribution in [0.25, 0.3) is 0 Å². The number of rotatable bonds is 8. The van der Waals surface area contributed by atoms with Crippen LogP contribution in [0.15, 0.2) is 60.7 Å². The second-order valence-electron chi connectivity index (χ2n) is 4.72. The average Bonchev–Trinajstić information content (AvgIpc) is 2.56. The Balaban J connectivity index is 1.99. The van der Waals surface area contributed by atoms with E-state index in [2.05, 4.69) is 48.5 Å². The Morgan fingerprint density at radius 3 is 2.00 bits per heavy atom. The van der Waals surface area contributed by atoms with E-state index in [1.165, 1.54) is 21.4 Å². The minimum Gasteiger partial charge on any atom is -0.480 e. The van der Waals surface area contributed by atoms with E-state index >= 15 is 0 Å². The summed E-state index contributed by atoms with van der Waals surface area (Å²) >= 11 is 0. The standard InChI is InChI=1S/C17H19O2PS2/c1-14(17(18)19)22-21-13-12-20(15-8-4-2-5-9-15)16-10-6-3-7-11-16/h2-11,14H,12-13H2,1H3,(H,18,19). The molecule has 1 atom stereocenters. The summed E-state index contributed by atoms with van der Waals surface area (Å²) in [6.45, 7) is 1.73. The molecule has 0 heterocycles. The molecule has 5 heteroatoms. The van der Waals surface area contributed by atoms with E-state index in [-0.39, 0.29) is 13.2 Å². The Morgan fingerprint density at radius 2 is 1.55 bits per heavy atom. The van der Waals surface area contributed by atoms with Crippen LogP contribution < -0.4 is 10.6 Å². The fraction of sp³-hybridized carbons (Fsp3) is 0.235. The third-order valence-corrected chi connectivity index (χ3v) is 8.68. The number of aliphatic carboxylic acids is 1. The van der Waals surface area contributed by atoms with Gasteiger partial charge in [0, 0.05) is 5.75 Å². The van der Waals surface area contributed by atoms with Crippen molar-refractivity contribution in [3.8, 4) is 0 Å². The van der Waals surface area contributed by atoms with Crippen LogP contribution in [-0.4, -0.2) is 28.2 Å². The summed E-state index contributed by atoms with van der Waals surface area (Å²) < 4.78 is 0. The molecule has 0 bridgehead atoms. The monoisotopic (exact) mass is 350 g/mol. The van der Waals surface area contributed by atoms with Gasteiger partial charge in [0.1, 0.15) is 5.25 Å². The normalized spacial score (nSPS) is 12.3. The van der Waals surface area contributed by atoms with Gasteiger partial charge in [0.15, 0.2) is 0 Å². The lowest BCUT2D eigenvalue weighted by Gasteiger charge is -2.18. The Bertz CT molecular complexity index is 538. The summed E-state index contributed by atoms with van der Waals surface area (Å²) in [6.07, 6.45) is 1.06. The van der Waals surface area contributed by atoms with E-state index < -0.39 is 5.97 Å². The third kappa shape index (κ3) is 5.35. The molecule has 0 aliphatic rings. The van der Waals surface area contributed by atoms with Gasteiger partial charge in [0.2, 0.25) is 0 Å². The number of carboxylic acid groups (broad SMARTS) is 1. The fourth-order valence-electron chi connectivity index (χ4n) is 1.94. The van der Waals surface area contributed by atoms with Gasteiger partial charge >= 0.3 is 5.97 Å². The molecule has 0 aromatic heterocycles. The fourth-order valence-corrected chi connectivity index (χ4v) is 7.05. The quantitative estimate of drug-likeness (QED) is 0.444. The first-order valence-electron chi connectivity index (χ1n) is 7.07. The van der Waals surface area contributed by atoms with Gasteiger partial charge in [0.25, 0.3) is 0 Å². The molecule has 2 aromatic carbocycles. The molecule has 0 aliphatic heterocycles. The maximum atomic E-state index is 10.8. The van der Waals surface area contributed by atoms with Crippen LogP contribution >= 0.6 is 29.5 Å². The first-order valence-corrected chi connectivity index (χ1v) is 11.0. The van der Waals surface area contributed by atoms with E-state index in [1.54, 1.807) is 17.7 Å². The lowest BCUT2D eigenvalue weighted by atomic mass is 10.4. The van der Waals surface area contributed by atoms with Crippen molar-refractivity contribution in [2.24, 2.45) is 0 Å². The van der Waals surface area contributed by atoms with Gasteiger partial charge in [-0.25, -0.2) is 0 Å². The van der Waals surface area contributed by atoms with Crippen molar-refractivity contribution >= 4 is 46.1 Å². The summed E-state index contributed by atoms with van der Waals surface area (Å²) in [7, 11) is 2.73. The van der Waals surface area contributed by atoms with Crippen LogP contribution in [0.3, 0.4) is 0 Å². The molecule has 0 fully saturated rings. The number of hydrogen-bond acceptors (Lipinski definition) is 3. The first-order chi connectivity index (χ1) is 10.7. The molecule has 1 unspecified atom stereocenters. The molecule has 2 nitrogen and oxygen atoms in total. The molecular formula is C17H19O2PS2. The van der Waals surface area contributed by atoms with Crippen LogP contribution in [0, 0.1) is 0 Å². The van der Waals surface area contributed by atoms with Gasteiger partial charge in [-0.05, 0) is 31.6 Å². The van der Waals surface area contributed by atoms with Crippen molar-refractivity contribution in [1.29, 1.82) is 0 Å². The molecule has 0 radical (unpaired) electrons. The van der Waals surface area contributed by atoms with Crippen LogP contribution in [0.1, 0.15) is 6.92 Å². The van der Waals surface area contributed by atoms with Crippen LogP contribution in [0.2, 0.25) is 0 Å². The highest BCUT2D eigenvalue weighted by molar-refractivity contribution is 8.77. The maximum Gasteiger partial charge on any atom is 0.317 e. The van der Waals surface area contributed by atoms with Gasteiger partial charge in [0.05, 0.1) is 0 Å². The Kier molecular flexibility index (Phi) is 7.31. The zero-order chi connectivity index (χ0) is 15.8. The summed E-state index contributed by atoms with van der Waals surface area (Å²) in [6, 6.07) is 21.2. The smallest absolute Gasteiger partial charge is 0.317 e. The number of hydrogen-bond donors (Lipinski definition) is 1. The lowest BCUT2D eigenvalue weighted by molar-refractivity contribution is -0.136. The number of carbonyl (C=O) groups is 1. The van der Waals surface area contributed by atoms with Crippen molar-refractivity contribution in [2.75, 3.05) is 11.9 Å². The molecule has 22 heavy (non-hydrogen) atoms. The summed E-state index contributed by atoms with van der Waals surface area (Å²) in [4.78, 5) is 10.8. The van der Waals surface area contributed by atoms with Crippen molar-refractivity contribution < 1.29 is 9.90 Å². The summed E-state index contributed by atoms with van der Waals surface area (Å²) in [5, 5.41) is 11.3. The maximum absolute atomic E-state index is 10.8. The molecule has 0 amide bonds. The predicted molar refractivity (Wildman–Crippen MR) is 101 cm³/mol. The van der Waals surface area contributed by atoms with Crippen LogP contribution in [-0.2, 0) is 4.79 Å². The van der Waals surface area contributed by atoms with Gasteiger partial charge in [-0.3, -0.25) is 4.79 Å². The van der Waals surface area contributed by atoms with Gasteiger partial charge < -0.3 is 5.11 Å². The third-order valence-electron chi connectivity index (χ3n) is 3.09. The minimum absolute atomic E-state index is 0.357. The number of benzene rings is 2. The molecule has 2 rings (SSSR count). The van der Waals surface area contributed by atoms with E-state index in [0.29, 0.717) is 0 Å². The molecule has 0 aliphatic carbocycles. The molecule has 0 saturated heterocycles. The van der Waals surface area contributed by atoms with E-state index in [4.69, 9.17) is 5.11 Å². The Hall–Kier alpha value is -0.960. The topological polar surface area (TPSA) is 37.3 Å². The summed E-state index contributed by atoms with van der Waals surface area (Å²) in [5.74, 6) is 0.212. The van der Waals surface area contributed by atoms with Gasteiger partial charge in [-0.2, -0.15) is 0 Å². The average molecular weight is 350 g/mol. The Labute approximate surface area is 140 Å². The summed E-state index contributed by atoms with van der Waals surface area (Å²) in [5.41, 5.74) is 0. The van der Waals surface area contributed by atoms with E-state index in [0.717, 1.165) is 11.9 Å². The lowest BCUT2D eigenvalue weighted by Crippen LogP contribution is -2.15. The second kappa shape index (κ2) is 9.24. The predicted octanol–water partition coefficient (Wildman–Crippen LogP) is 3.97. The van der Waals surface area contributed by atoms with E-state index in [1.807, 2.05) is 12.1 Å². The van der Waals surface area contributed by atoms with Crippen molar-refractivity contribution in [2.45, 2.75) is 12.2 Å². The van der Waals surface area contributed by atoms with Crippen LogP contribution in [0.5, 0.6) is 0 Å². The second-order valence-corrected chi connectivity index (χ2v) is 9.89. The Morgan fingerprint density at radius 1 is 1.05 bits per heavy atom. The molecule has 1 N–H and O–H groups in total. The van der Waals surface area contributed by atoms with Crippen LogP contribution in [0.4, 0.5) is 0 Å². The molecular weight excluding hydrogens is 331 g/mol. The van der Waals surface area contributed by atoms with Crippen molar-refractivity contribution in [3.05, 3.63) is 60.7 Å². The minimum atomic E-state index is -0.745. The van der Waals surface area contributed by atoms with Crippen molar-refractivity contribution in [3.63, 3.8) is 0 Å². The molecule has 2 aromatic rings. The van der Waals surface area contributed by atoms with E-state index in [9.17, 15) is 4.79 Å². The SMILES string of the molecule is CC(SSCCP(c1ccccc1)c1ccccc1)C(=O)O. The highest BCUT2D eigenvalue weighted by Crippen LogP contribution is 2.36. The first kappa shape index (κ1) is 17.4.